The first-order valence-electron chi connectivity index (χ1n) is 7.30. The van der Waals surface area contributed by atoms with E-state index in [1.165, 1.54) is 5.56 Å². The first-order chi connectivity index (χ1) is 10.5. The van der Waals surface area contributed by atoms with Crippen molar-refractivity contribution in [3.63, 3.8) is 0 Å². The summed E-state index contributed by atoms with van der Waals surface area (Å²) in [6.45, 7) is 10.2. The Hall–Kier alpha value is -2.43. The fourth-order valence-electron chi connectivity index (χ4n) is 2.06. The van der Waals surface area contributed by atoms with Gasteiger partial charge in [0.2, 0.25) is 17.6 Å². The third-order valence-electron chi connectivity index (χ3n) is 3.26. The summed E-state index contributed by atoms with van der Waals surface area (Å²) in [6.07, 6.45) is 1.69. The van der Waals surface area contributed by atoms with Crippen molar-refractivity contribution in [3.8, 4) is 11.4 Å². The van der Waals surface area contributed by atoms with Crippen LogP contribution in [0.4, 0.5) is 0 Å². The second-order valence-corrected chi connectivity index (χ2v) is 5.54. The number of rotatable bonds is 6. The molecule has 0 spiro atoms. The van der Waals surface area contributed by atoms with Crippen molar-refractivity contribution in [1.29, 1.82) is 0 Å². The highest BCUT2D eigenvalue weighted by Crippen LogP contribution is 2.17. The molecule has 2 rings (SSSR count). The van der Waals surface area contributed by atoms with Gasteiger partial charge in [-0.25, -0.2) is 0 Å². The lowest BCUT2D eigenvalue weighted by atomic mass is 10.1. The Kier molecular flexibility index (Phi) is 5.09. The second kappa shape index (κ2) is 7.02. The first-order valence-corrected chi connectivity index (χ1v) is 7.30. The monoisotopic (exact) mass is 299 g/mol. The summed E-state index contributed by atoms with van der Waals surface area (Å²) in [5.41, 5.74) is 2.07. The summed E-state index contributed by atoms with van der Waals surface area (Å²) in [7, 11) is 0. The van der Waals surface area contributed by atoms with Crippen LogP contribution in [0.1, 0.15) is 25.3 Å². The Bertz CT molecular complexity index is 644. The lowest BCUT2D eigenvalue weighted by Crippen LogP contribution is -2.34. The minimum Gasteiger partial charge on any atom is -0.337 e. The molecule has 0 bridgehead atoms. The predicted octanol–water partition coefficient (Wildman–Crippen LogP) is 3.22. The Morgan fingerprint density at radius 3 is 2.64 bits per heavy atom. The van der Waals surface area contributed by atoms with Crippen LogP contribution < -0.4 is 0 Å². The average Bonchev–Trinajstić information content (AvgIpc) is 2.95. The van der Waals surface area contributed by atoms with E-state index in [9.17, 15) is 4.79 Å². The van der Waals surface area contributed by atoms with Crippen LogP contribution in [0.2, 0.25) is 0 Å². The average molecular weight is 299 g/mol. The van der Waals surface area contributed by atoms with Crippen LogP contribution in [0.25, 0.3) is 11.4 Å². The molecule has 1 aromatic heterocycles. The molecule has 0 saturated heterocycles. The number of hydrogen-bond acceptors (Lipinski definition) is 4. The minimum atomic E-state index is -0.0839. The summed E-state index contributed by atoms with van der Waals surface area (Å²) in [5, 5.41) is 3.98. The van der Waals surface area contributed by atoms with Crippen LogP contribution in [-0.4, -0.2) is 27.5 Å². The van der Waals surface area contributed by atoms with Gasteiger partial charge in [0, 0.05) is 18.0 Å². The van der Waals surface area contributed by atoms with Crippen LogP contribution in [-0.2, 0) is 11.3 Å². The van der Waals surface area contributed by atoms with E-state index in [0.29, 0.717) is 24.8 Å². The largest absolute Gasteiger partial charge is 0.337 e. The van der Waals surface area contributed by atoms with E-state index in [2.05, 4.69) is 16.7 Å². The lowest BCUT2D eigenvalue weighted by molar-refractivity contribution is -0.134. The Balaban J connectivity index is 2.14. The van der Waals surface area contributed by atoms with Gasteiger partial charge in [0.05, 0.1) is 0 Å². The minimum absolute atomic E-state index is 0.0370. The predicted molar refractivity (Wildman–Crippen MR) is 84.9 cm³/mol. The molecule has 116 valence electrons. The number of aryl methyl sites for hydroxylation is 1. The van der Waals surface area contributed by atoms with E-state index >= 15 is 0 Å². The van der Waals surface area contributed by atoms with Gasteiger partial charge in [-0.3, -0.25) is 4.79 Å². The first kappa shape index (κ1) is 15.9. The SMILES string of the molecule is C=CCN(Cc1nc(-c2ccc(C)cc2)no1)C(=O)C(C)C. The molecule has 22 heavy (non-hydrogen) atoms. The third-order valence-corrected chi connectivity index (χ3v) is 3.26. The molecule has 1 heterocycles. The molecule has 0 aliphatic rings. The molecular weight excluding hydrogens is 278 g/mol. The number of hydrogen-bond donors (Lipinski definition) is 0. The fraction of sp³-hybridized carbons (Fsp3) is 0.353. The highest BCUT2D eigenvalue weighted by atomic mass is 16.5. The maximum atomic E-state index is 12.1. The molecule has 0 aliphatic carbocycles. The van der Waals surface area contributed by atoms with Gasteiger partial charge in [-0.05, 0) is 6.92 Å². The zero-order chi connectivity index (χ0) is 16.1. The van der Waals surface area contributed by atoms with Crippen molar-refractivity contribution in [2.45, 2.75) is 27.3 Å². The molecule has 0 atom stereocenters. The van der Waals surface area contributed by atoms with E-state index in [1.54, 1.807) is 11.0 Å². The molecule has 0 N–H and O–H groups in total. The highest BCUT2D eigenvalue weighted by molar-refractivity contribution is 5.78. The summed E-state index contributed by atoms with van der Waals surface area (Å²) in [6, 6.07) is 7.89. The van der Waals surface area contributed by atoms with Crippen molar-refractivity contribution in [2.24, 2.45) is 5.92 Å². The summed E-state index contributed by atoms with van der Waals surface area (Å²) >= 11 is 0. The van der Waals surface area contributed by atoms with Gasteiger partial charge in [-0.15, -0.1) is 6.58 Å². The van der Waals surface area contributed by atoms with Gasteiger partial charge in [0.1, 0.15) is 6.54 Å². The molecule has 1 amide bonds. The van der Waals surface area contributed by atoms with E-state index in [-0.39, 0.29) is 11.8 Å². The van der Waals surface area contributed by atoms with Gasteiger partial charge in [0.25, 0.3) is 0 Å². The lowest BCUT2D eigenvalue weighted by Gasteiger charge is -2.21. The maximum Gasteiger partial charge on any atom is 0.246 e. The maximum absolute atomic E-state index is 12.1. The van der Waals surface area contributed by atoms with Gasteiger partial charge in [-0.1, -0.05) is 54.9 Å². The number of amides is 1. The number of aromatic nitrogens is 2. The number of carbonyl (C=O) groups is 1. The fourth-order valence-corrected chi connectivity index (χ4v) is 2.06. The van der Waals surface area contributed by atoms with Crippen molar-refractivity contribution < 1.29 is 9.32 Å². The van der Waals surface area contributed by atoms with Gasteiger partial charge in [0.15, 0.2) is 0 Å². The third kappa shape index (κ3) is 3.81. The summed E-state index contributed by atoms with van der Waals surface area (Å²) in [4.78, 5) is 18.2. The van der Waals surface area contributed by atoms with Crippen molar-refractivity contribution in [1.82, 2.24) is 15.0 Å². The van der Waals surface area contributed by atoms with E-state index < -0.39 is 0 Å². The molecule has 0 saturated carbocycles. The molecule has 0 fully saturated rings. The number of carbonyl (C=O) groups excluding carboxylic acids is 1. The van der Waals surface area contributed by atoms with Crippen LogP contribution in [0.3, 0.4) is 0 Å². The smallest absolute Gasteiger partial charge is 0.246 e. The second-order valence-electron chi connectivity index (χ2n) is 5.54. The molecule has 0 aliphatic heterocycles. The van der Waals surface area contributed by atoms with Gasteiger partial charge in [-0.2, -0.15) is 4.98 Å². The summed E-state index contributed by atoms with van der Waals surface area (Å²) in [5.74, 6) is 0.909. The van der Waals surface area contributed by atoms with Gasteiger partial charge >= 0.3 is 0 Å². The Morgan fingerprint density at radius 1 is 1.36 bits per heavy atom. The van der Waals surface area contributed by atoms with Crippen LogP contribution in [0, 0.1) is 12.8 Å². The quantitative estimate of drug-likeness (QED) is 0.768. The molecule has 1 aromatic carbocycles. The summed E-state index contributed by atoms with van der Waals surface area (Å²) < 4.78 is 5.27. The zero-order valence-corrected chi connectivity index (χ0v) is 13.2. The van der Waals surface area contributed by atoms with Crippen molar-refractivity contribution in [2.75, 3.05) is 6.54 Å². The van der Waals surface area contributed by atoms with E-state index in [4.69, 9.17) is 4.52 Å². The van der Waals surface area contributed by atoms with Crippen molar-refractivity contribution in [3.05, 3.63) is 48.4 Å². The number of nitrogens with zero attached hydrogens (tertiary/aromatic N) is 3. The standard InChI is InChI=1S/C17H21N3O2/c1-5-10-20(17(21)12(2)3)11-15-18-16(19-22-15)14-8-6-13(4)7-9-14/h5-9,12H,1,10-11H2,2-4H3. The molecule has 5 nitrogen and oxygen atoms in total. The number of benzene rings is 1. The van der Waals surface area contributed by atoms with Crippen LogP contribution in [0.5, 0.6) is 0 Å². The van der Waals surface area contributed by atoms with Crippen LogP contribution in [0.15, 0.2) is 41.4 Å². The van der Waals surface area contributed by atoms with E-state index in [0.717, 1.165) is 5.56 Å². The zero-order valence-electron chi connectivity index (χ0n) is 13.2. The highest BCUT2D eigenvalue weighted by Gasteiger charge is 2.19. The Labute approximate surface area is 130 Å². The molecular formula is C17H21N3O2. The van der Waals surface area contributed by atoms with E-state index in [1.807, 2.05) is 45.0 Å². The van der Waals surface area contributed by atoms with Crippen molar-refractivity contribution >= 4 is 5.91 Å². The molecule has 2 aromatic rings. The van der Waals surface area contributed by atoms with Gasteiger partial charge < -0.3 is 9.42 Å². The molecule has 0 unspecified atom stereocenters. The topological polar surface area (TPSA) is 59.2 Å². The normalized spacial score (nSPS) is 10.7. The Morgan fingerprint density at radius 2 is 2.05 bits per heavy atom. The molecule has 0 radical (unpaired) electrons. The van der Waals surface area contributed by atoms with Crippen LogP contribution >= 0.6 is 0 Å². The molecule has 5 heteroatoms.